The number of carbonyl (C=O) groups excluding carboxylic acids is 2. The first kappa shape index (κ1) is 21.6. The van der Waals surface area contributed by atoms with E-state index in [0.29, 0.717) is 5.75 Å². The Morgan fingerprint density at radius 3 is 1.87 bits per heavy atom. The smallest absolute Gasteiger partial charge is 0.386 e. The van der Waals surface area contributed by atoms with Crippen molar-refractivity contribution in [2.75, 3.05) is 6.61 Å². The summed E-state index contributed by atoms with van der Waals surface area (Å²) in [5.41, 5.74) is 1.62. The number of esters is 2. The van der Waals surface area contributed by atoms with Crippen molar-refractivity contribution < 1.29 is 39.1 Å². The van der Waals surface area contributed by atoms with Crippen LogP contribution in [0.1, 0.15) is 38.3 Å². The normalized spacial score (nSPS) is 24.2. The maximum absolute atomic E-state index is 12.0. The molecule has 0 amide bonds. The van der Waals surface area contributed by atoms with E-state index in [0.717, 1.165) is 11.1 Å². The lowest BCUT2D eigenvalue weighted by molar-refractivity contribution is -0.304. The van der Waals surface area contributed by atoms with Crippen LogP contribution in [0.5, 0.6) is 11.5 Å². The first-order valence-corrected chi connectivity index (χ1v) is 9.45. The van der Waals surface area contributed by atoms with Gasteiger partial charge >= 0.3 is 23.5 Å². The molecule has 3 N–H and O–H groups in total. The Balaban J connectivity index is 1.70. The fourth-order valence-corrected chi connectivity index (χ4v) is 3.05. The summed E-state index contributed by atoms with van der Waals surface area (Å²) in [6, 6.07) is 13.9. The molecule has 160 valence electrons. The van der Waals surface area contributed by atoms with E-state index in [9.17, 15) is 24.9 Å². The molecule has 2 unspecified atom stereocenters. The molecule has 1 saturated heterocycles. The summed E-state index contributed by atoms with van der Waals surface area (Å²) in [6.07, 6.45) is -0.215. The third-order valence-electron chi connectivity index (χ3n) is 5.24. The van der Waals surface area contributed by atoms with Crippen LogP contribution in [-0.4, -0.2) is 45.4 Å². The van der Waals surface area contributed by atoms with Gasteiger partial charge in [-0.2, -0.15) is 0 Å². The minimum Gasteiger partial charge on any atom is -0.508 e. The van der Waals surface area contributed by atoms with Gasteiger partial charge in [0.1, 0.15) is 11.5 Å². The Kier molecular flexibility index (Phi) is 5.49. The molecule has 0 aliphatic carbocycles. The molecular weight excluding hydrogens is 392 g/mol. The minimum absolute atomic E-state index is 0.190. The molecular formula is C22H24O8. The third kappa shape index (κ3) is 3.96. The number of rotatable bonds is 6. The molecule has 1 fully saturated rings. The quantitative estimate of drug-likeness (QED) is 0.611. The minimum atomic E-state index is -2.65. The summed E-state index contributed by atoms with van der Waals surface area (Å²) in [5, 5.41) is 29.6. The average molecular weight is 416 g/mol. The summed E-state index contributed by atoms with van der Waals surface area (Å²) >= 11 is 0. The van der Waals surface area contributed by atoms with Gasteiger partial charge in [-0.3, -0.25) is 0 Å². The summed E-state index contributed by atoms with van der Waals surface area (Å²) in [5.74, 6) is -7.12. The van der Waals surface area contributed by atoms with Gasteiger partial charge in [-0.15, -0.1) is 0 Å². The molecule has 0 spiro atoms. The molecule has 0 aromatic heterocycles. The maximum atomic E-state index is 12.0. The number of ether oxygens (including phenoxy) is 3. The van der Waals surface area contributed by atoms with Gasteiger partial charge in [-0.05, 0) is 35.4 Å². The molecule has 30 heavy (non-hydrogen) atoms. The Morgan fingerprint density at radius 2 is 1.33 bits per heavy atom. The van der Waals surface area contributed by atoms with Crippen LogP contribution < -0.4 is 4.74 Å². The van der Waals surface area contributed by atoms with Crippen LogP contribution in [0.2, 0.25) is 0 Å². The molecule has 0 bridgehead atoms. The maximum Gasteiger partial charge on any atom is 0.386 e. The van der Waals surface area contributed by atoms with E-state index in [1.807, 2.05) is 38.1 Å². The van der Waals surface area contributed by atoms with Gasteiger partial charge in [-0.25, -0.2) is 9.59 Å². The molecule has 2 aromatic carbocycles. The molecule has 3 rings (SSSR count). The molecule has 2 aromatic rings. The number of hydrogen-bond donors (Lipinski definition) is 3. The predicted molar refractivity (Wildman–Crippen MR) is 105 cm³/mol. The van der Waals surface area contributed by atoms with Crippen LogP contribution in [0.25, 0.3) is 0 Å². The lowest BCUT2D eigenvalue weighted by Crippen LogP contribution is -2.62. The van der Waals surface area contributed by atoms with Gasteiger partial charge in [0.2, 0.25) is 0 Å². The second-order valence-electron chi connectivity index (χ2n) is 7.69. The van der Waals surface area contributed by atoms with Crippen molar-refractivity contribution in [2.24, 2.45) is 0 Å². The van der Waals surface area contributed by atoms with Gasteiger partial charge in [0.15, 0.2) is 6.61 Å². The fraction of sp³-hybridized carbons (Fsp3) is 0.364. The predicted octanol–water partition coefficient (Wildman–Crippen LogP) is 1.98. The van der Waals surface area contributed by atoms with Crippen molar-refractivity contribution in [3.63, 3.8) is 0 Å². The summed E-state index contributed by atoms with van der Waals surface area (Å²) in [6.45, 7) is 4.79. The number of phenols is 1. The van der Waals surface area contributed by atoms with Crippen LogP contribution in [0.4, 0.5) is 0 Å². The number of hydrogen-bond acceptors (Lipinski definition) is 8. The summed E-state index contributed by atoms with van der Waals surface area (Å²) in [4.78, 5) is 23.9. The largest absolute Gasteiger partial charge is 0.508 e. The van der Waals surface area contributed by atoms with Gasteiger partial charge in [0.25, 0.3) is 0 Å². The van der Waals surface area contributed by atoms with Gasteiger partial charge in [0, 0.05) is 11.8 Å². The number of benzene rings is 2. The molecule has 8 heteroatoms. The topological polar surface area (TPSA) is 123 Å². The molecule has 0 saturated carbocycles. The lowest BCUT2D eigenvalue weighted by atomic mass is 9.78. The van der Waals surface area contributed by atoms with E-state index >= 15 is 0 Å². The van der Waals surface area contributed by atoms with Crippen molar-refractivity contribution in [1.29, 1.82) is 0 Å². The highest BCUT2D eigenvalue weighted by molar-refractivity contribution is 5.90. The van der Waals surface area contributed by atoms with E-state index in [2.05, 4.69) is 4.74 Å². The van der Waals surface area contributed by atoms with Crippen molar-refractivity contribution >= 4 is 11.9 Å². The van der Waals surface area contributed by atoms with Crippen LogP contribution in [-0.2, 0) is 24.5 Å². The highest BCUT2D eigenvalue weighted by Crippen LogP contribution is 2.33. The molecule has 1 heterocycles. The molecule has 0 radical (unpaired) electrons. The van der Waals surface area contributed by atoms with Crippen LogP contribution in [0.15, 0.2) is 48.5 Å². The second-order valence-corrected chi connectivity index (χ2v) is 7.69. The highest BCUT2D eigenvalue weighted by Gasteiger charge is 2.57. The summed E-state index contributed by atoms with van der Waals surface area (Å²) in [7, 11) is 0. The molecule has 1 aliphatic heterocycles. The monoisotopic (exact) mass is 416 g/mol. The first-order chi connectivity index (χ1) is 14.0. The van der Waals surface area contributed by atoms with Crippen LogP contribution in [0, 0.1) is 0 Å². The Labute approximate surface area is 173 Å². The highest BCUT2D eigenvalue weighted by atomic mass is 16.8. The Morgan fingerprint density at radius 1 is 0.867 bits per heavy atom. The SMILES string of the molecule is CCC1(O)OC(=O)C(O)(COc2ccc(C(C)(C)c3ccc(O)cc3)cc2)OC1=O. The Hall–Kier alpha value is -3.10. The van der Waals surface area contributed by atoms with Gasteiger partial charge in [-0.1, -0.05) is 45.0 Å². The summed E-state index contributed by atoms with van der Waals surface area (Å²) < 4.78 is 14.8. The van der Waals surface area contributed by atoms with Crippen molar-refractivity contribution in [1.82, 2.24) is 0 Å². The Bertz CT molecular complexity index is 935. The molecule has 2 atom stereocenters. The lowest BCUT2D eigenvalue weighted by Gasteiger charge is -2.36. The number of carbonyl (C=O) groups is 2. The second kappa shape index (κ2) is 7.62. The van der Waals surface area contributed by atoms with Gasteiger partial charge in [0.05, 0.1) is 0 Å². The zero-order valence-electron chi connectivity index (χ0n) is 16.9. The van der Waals surface area contributed by atoms with Gasteiger partial charge < -0.3 is 29.5 Å². The van der Waals surface area contributed by atoms with E-state index < -0.39 is 30.1 Å². The average Bonchev–Trinajstić information content (AvgIpc) is 2.72. The van der Waals surface area contributed by atoms with E-state index in [4.69, 9.17) is 9.47 Å². The number of aliphatic hydroxyl groups is 2. The first-order valence-electron chi connectivity index (χ1n) is 9.45. The van der Waals surface area contributed by atoms with Crippen LogP contribution in [0.3, 0.4) is 0 Å². The zero-order valence-corrected chi connectivity index (χ0v) is 16.9. The fourth-order valence-electron chi connectivity index (χ4n) is 3.05. The van der Waals surface area contributed by atoms with Crippen molar-refractivity contribution in [2.45, 2.75) is 44.2 Å². The van der Waals surface area contributed by atoms with Crippen molar-refractivity contribution in [3.05, 3.63) is 59.7 Å². The van der Waals surface area contributed by atoms with E-state index in [1.54, 1.807) is 24.3 Å². The standard InChI is InChI=1S/C22H24O8/c1-4-21(26)18(24)30-22(27,19(25)29-21)13-28-17-11-7-15(8-12-17)20(2,3)14-5-9-16(23)10-6-14/h5-12,23,26-27H,4,13H2,1-3H3. The van der Waals surface area contributed by atoms with Crippen molar-refractivity contribution in [3.8, 4) is 11.5 Å². The zero-order chi connectivity index (χ0) is 22.2. The molecule has 1 aliphatic rings. The molecule has 8 nitrogen and oxygen atoms in total. The van der Waals surface area contributed by atoms with Crippen LogP contribution >= 0.6 is 0 Å². The van der Waals surface area contributed by atoms with E-state index in [-0.39, 0.29) is 17.6 Å². The number of phenolic OH excluding ortho intramolecular Hbond substituents is 1. The number of cyclic esters (lactones) is 2. The third-order valence-corrected chi connectivity index (χ3v) is 5.24. The van der Waals surface area contributed by atoms with E-state index in [1.165, 1.54) is 6.92 Å². The number of aromatic hydroxyl groups is 1.